The van der Waals surface area contributed by atoms with Crippen molar-refractivity contribution < 1.29 is 23.9 Å². The fourth-order valence-electron chi connectivity index (χ4n) is 10.7. The molecule has 2 N–H and O–H groups in total. The van der Waals surface area contributed by atoms with Crippen LogP contribution in [0.25, 0.3) is 10.8 Å². The van der Waals surface area contributed by atoms with Gasteiger partial charge in [-0.05, 0) is 116 Å². The van der Waals surface area contributed by atoms with E-state index in [1.54, 1.807) is 34.7 Å². The van der Waals surface area contributed by atoms with Crippen LogP contribution in [-0.4, -0.2) is 75.0 Å². The maximum Gasteiger partial charge on any atom is 0.272 e. The van der Waals surface area contributed by atoms with Gasteiger partial charge in [-0.25, -0.2) is 9.49 Å². The molecule has 1 aromatic heterocycles. The minimum absolute atomic E-state index is 0.00809. The van der Waals surface area contributed by atoms with Gasteiger partial charge in [0.25, 0.3) is 11.5 Å². The quantitative estimate of drug-likeness (QED) is 0.237. The van der Waals surface area contributed by atoms with Gasteiger partial charge in [0.15, 0.2) is 5.78 Å². The highest BCUT2D eigenvalue weighted by Gasteiger charge is 2.55. The Morgan fingerprint density at radius 3 is 2.54 bits per heavy atom. The molecule has 54 heavy (non-hydrogen) atoms. The maximum absolute atomic E-state index is 15.0. The van der Waals surface area contributed by atoms with E-state index >= 15 is 4.39 Å². The molecule has 0 bridgehead atoms. The van der Waals surface area contributed by atoms with Gasteiger partial charge in [-0.3, -0.25) is 19.2 Å². The van der Waals surface area contributed by atoms with Crippen LogP contribution in [-0.2, 0) is 16.0 Å². The number of aromatic nitrogens is 2. The average Bonchev–Trinajstić information content (AvgIpc) is 3.48. The number of halogens is 1. The van der Waals surface area contributed by atoms with Crippen LogP contribution >= 0.6 is 0 Å². The summed E-state index contributed by atoms with van der Waals surface area (Å²) in [4.78, 5) is 54.7. The average molecular weight is 735 g/mol. The number of hydrogen-bond donors (Lipinski definition) is 2. The van der Waals surface area contributed by atoms with Gasteiger partial charge >= 0.3 is 0 Å². The summed E-state index contributed by atoms with van der Waals surface area (Å²) in [6.45, 7) is 3.83. The molecular formula is C44H51FN4O5. The van der Waals surface area contributed by atoms with Crippen LogP contribution in [0.1, 0.15) is 106 Å². The molecule has 1 saturated heterocycles. The van der Waals surface area contributed by atoms with E-state index in [1.807, 2.05) is 23.1 Å². The normalized spacial score (nSPS) is 26.7. The number of hydrogen-bond acceptors (Lipinski definition) is 6. The van der Waals surface area contributed by atoms with Crippen molar-refractivity contribution in [3.63, 3.8) is 0 Å². The lowest BCUT2D eigenvalue weighted by Gasteiger charge is -2.52. The fourth-order valence-corrected chi connectivity index (χ4v) is 10.7. The Morgan fingerprint density at radius 2 is 1.72 bits per heavy atom. The molecule has 2 heterocycles. The van der Waals surface area contributed by atoms with Crippen LogP contribution in [0.15, 0.2) is 70.1 Å². The number of carbonyl (C=O) groups excluding carboxylic acids is 3. The van der Waals surface area contributed by atoms with Gasteiger partial charge in [-0.1, -0.05) is 49.6 Å². The molecule has 0 radical (unpaired) electrons. The summed E-state index contributed by atoms with van der Waals surface area (Å²) < 4.78 is 15.0. The van der Waals surface area contributed by atoms with Crippen molar-refractivity contribution in [1.29, 1.82) is 0 Å². The number of benzene rings is 2. The lowest BCUT2D eigenvalue weighted by Crippen LogP contribution is -2.50. The van der Waals surface area contributed by atoms with Gasteiger partial charge in [0.2, 0.25) is 5.91 Å². The van der Waals surface area contributed by atoms with Gasteiger partial charge in [-0.15, -0.1) is 0 Å². The summed E-state index contributed by atoms with van der Waals surface area (Å²) in [5.41, 5.74) is 5.34. The molecule has 5 aliphatic rings. The van der Waals surface area contributed by atoms with Gasteiger partial charge < -0.3 is 14.9 Å². The molecule has 284 valence electrons. The number of rotatable bonds is 9. The number of aliphatic hydroxyl groups is 1. The van der Waals surface area contributed by atoms with E-state index in [0.29, 0.717) is 85.2 Å². The SMILES string of the molecule is C[C@]12C[C@H](CCCCCC(=O)N3CCN(C(=O)c4cc(Cc5n[nH]c(=O)c6ccccc56)ccc4F)CC3)C3=C4CCC(=O)C=C4CC[C@H]3C1CC[C@@H]2O. The van der Waals surface area contributed by atoms with Crippen LogP contribution in [0, 0.1) is 29.0 Å². The number of aliphatic hydroxyl groups excluding tert-OH is 1. The van der Waals surface area contributed by atoms with Crippen molar-refractivity contribution >= 4 is 28.4 Å². The zero-order valence-corrected chi connectivity index (χ0v) is 31.2. The third-order valence-corrected chi connectivity index (χ3v) is 13.6. The minimum atomic E-state index is -0.593. The number of carbonyl (C=O) groups is 3. The molecule has 1 unspecified atom stereocenters. The Morgan fingerprint density at radius 1 is 0.944 bits per heavy atom. The number of H-pyrrole nitrogens is 1. The molecule has 2 amide bonds. The first kappa shape index (κ1) is 36.5. The van der Waals surface area contributed by atoms with Crippen LogP contribution in [0.5, 0.6) is 0 Å². The van der Waals surface area contributed by atoms with Crippen LogP contribution < -0.4 is 5.56 Å². The molecule has 0 spiro atoms. The predicted octanol–water partition coefficient (Wildman–Crippen LogP) is 6.68. The van der Waals surface area contributed by atoms with E-state index in [4.69, 9.17) is 0 Å². The zero-order chi connectivity index (χ0) is 37.6. The molecule has 3 fully saturated rings. The highest BCUT2D eigenvalue weighted by molar-refractivity contribution is 5.95. The lowest BCUT2D eigenvalue weighted by atomic mass is 9.53. The number of ketones is 1. The minimum Gasteiger partial charge on any atom is -0.393 e. The summed E-state index contributed by atoms with van der Waals surface area (Å²) in [6.07, 6.45) is 12.8. The molecular weight excluding hydrogens is 684 g/mol. The summed E-state index contributed by atoms with van der Waals surface area (Å²) in [5, 5.41) is 19.1. The molecule has 5 atom stereocenters. The lowest BCUT2D eigenvalue weighted by molar-refractivity contribution is -0.132. The summed E-state index contributed by atoms with van der Waals surface area (Å²) in [7, 11) is 0. The van der Waals surface area contributed by atoms with Crippen LogP contribution in [0.3, 0.4) is 0 Å². The molecule has 3 aromatic rings. The summed E-state index contributed by atoms with van der Waals surface area (Å²) >= 11 is 0. The van der Waals surface area contributed by atoms with E-state index in [1.165, 1.54) is 17.2 Å². The number of nitrogens with zero attached hydrogens (tertiary/aromatic N) is 3. The smallest absolute Gasteiger partial charge is 0.272 e. The monoisotopic (exact) mass is 734 g/mol. The first-order valence-electron chi connectivity index (χ1n) is 20.1. The number of aromatic amines is 1. The number of fused-ring (bicyclic) bond motifs is 5. The first-order chi connectivity index (χ1) is 26.1. The van der Waals surface area contributed by atoms with Crippen molar-refractivity contribution in [3.8, 4) is 0 Å². The number of amides is 2. The van der Waals surface area contributed by atoms with Gasteiger partial charge in [0.1, 0.15) is 5.82 Å². The van der Waals surface area contributed by atoms with Crippen molar-refractivity contribution in [3.05, 3.63) is 98.3 Å². The van der Waals surface area contributed by atoms with Crippen molar-refractivity contribution in [2.24, 2.45) is 23.2 Å². The molecule has 2 saturated carbocycles. The molecule has 1 aliphatic heterocycles. The molecule has 10 heteroatoms. The third-order valence-electron chi connectivity index (χ3n) is 13.6. The third kappa shape index (κ3) is 6.86. The molecule has 2 aromatic carbocycles. The standard InChI is InChI=1S/C44H51FN4O5/c1-44-26-29(41-31-15-13-30(50)25-28(31)12-14-34(41)36(44)16-18-39(44)51)7-3-2-4-10-40(52)48-19-21-49(22-20-48)43(54)35-23-27(11-17-37(35)45)24-38-32-8-5-6-9-33(32)42(53)47-46-38/h5-6,8-9,11,17,23,25,29,34,36,39,51H,2-4,7,10,12-16,18-22,24,26H2,1H3,(H,47,53)/t29-,34-,36?,39-,44-/m0/s1. The Labute approximate surface area is 315 Å². The highest BCUT2D eigenvalue weighted by Crippen LogP contribution is 2.62. The van der Waals surface area contributed by atoms with E-state index in [-0.39, 0.29) is 34.3 Å². The molecule has 9 nitrogen and oxygen atoms in total. The van der Waals surface area contributed by atoms with E-state index < -0.39 is 11.7 Å². The first-order valence-corrected chi connectivity index (χ1v) is 20.1. The number of nitrogens with one attached hydrogen (secondary N) is 1. The van der Waals surface area contributed by atoms with Crippen molar-refractivity contribution in [1.82, 2.24) is 20.0 Å². The van der Waals surface area contributed by atoms with E-state index in [9.17, 15) is 24.3 Å². The van der Waals surface area contributed by atoms with E-state index in [0.717, 1.165) is 64.2 Å². The predicted molar refractivity (Wildman–Crippen MR) is 204 cm³/mol. The van der Waals surface area contributed by atoms with Crippen LogP contribution in [0.2, 0.25) is 0 Å². The highest BCUT2D eigenvalue weighted by atomic mass is 19.1. The summed E-state index contributed by atoms with van der Waals surface area (Å²) in [5.74, 6) is 0.817. The Hall–Kier alpha value is -4.44. The topological polar surface area (TPSA) is 124 Å². The van der Waals surface area contributed by atoms with Crippen molar-refractivity contribution in [2.45, 2.75) is 96.5 Å². The van der Waals surface area contributed by atoms with E-state index in [2.05, 4.69) is 17.1 Å². The molecule has 4 aliphatic carbocycles. The van der Waals surface area contributed by atoms with Gasteiger partial charge in [-0.2, -0.15) is 5.10 Å². The number of allylic oxidation sites excluding steroid dienone is 4. The number of piperazine rings is 1. The second-order valence-electron chi connectivity index (χ2n) is 16.6. The Bertz CT molecular complexity index is 2100. The largest absolute Gasteiger partial charge is 0.393 e. The van der Waals surface area contributed by atoms with Gasteiger partial charge in [0, 0.05) is 50.8 Å². The number of unbranched alkanes of at least 4 members (excludes halogenated alkanes) is 2. The molecule has 8 rings (SSSR count). The Balaban J connectivity index is 0.835. The van der Waals surface area contributed by atoms with Crippen molar-refractivity contribution in [2.75, 3.05) is 26.2 Å². The second-order valence-corrected chi connectivity index (χ2v) is 16.6. The zero-order valence-electron chi connectivity index (χ0n) is 31.2. The fraction of sp³-hybridized carbons (Fsp3) is 0.523. The van der Waals surface area contributed by atoms with Gasteiger partial charge in [0.05, 0.1) is 22.7 Å². The summed E-state index contributed by atoms with van der Waals surface area (Å²) in [6, 6.07) is 11.7. The second kappa shape index (κ2) is 15.0. The van der Waals surface area contributed by atoms with Crippen LogP contribution in [0.4, 0.5) is 4.39 Å². The Kier molecular flexibility index (Phi) is 10.2. The maximum atomic E-state index is 15.0.